The Labute approximate surface area is 124 Å². The number of nitro groups is 1. The zero-order valence-electron chi connectivity index (χ0n) is 12.8. The molecule has 0 atom stereocenters. The van der Waals surface area contributed by atoms with Crippen molar-refractivity contribution in [1.29, 1.82) is 0 Å². The Kier molecular flexibility index (Phi) is 4.98. The van der Waals surface area contributed by atoms with Crippen LogP contribution in [0.2, 0.25) is 0 Å². The molecule has 0 unspecified atom stereocenters. The van der Waals surface area contributed by atoms with E-state index in [9.17, 15) is 18.5 Å². The summed E-state index contributed by atoms with van der Waals surface area (Å²) in [7, 11) is -3.18. The third kappa shape index (κ3) is 4.69. The van der Waals surface area contributed by atoms with Gasteiger partial charge in [-0.15, -0.1) is 0 Å². The lowest BCUT2D eigenvalue weighted by atomic mass is 9.90. The Morgan fingerprint density at radius 2 is 1.95 bits per heavy atom. The molecule has 1 rings (SSSR count). The van der Waals surface area contributed by atoms with Crippen molar-refractivity contribution in [2.45, 2.75) is 40.7 Å². The van der Waals surface area contributed by atoms with E-state index in [-0.39, 0.29) is 35.0 Å². The molecular formula is C12H22N4O4S. The van der Waals surface area contributed by atoms with Crippen molar-refractivity contribution in [3.05, 3.63) is 15.8 Å². The number of hydrogen-bond donors (Lipinski definition) is 1. The number of nitrogen functional groups attached to an aromatic ring is 1. The maximum Gasteiger partial charge on any atom is 0.333 e. The van der Waals surface area contributed by atoms with Gasteiger partial charge in [0.15, 0.2) is 9.84 Å². The minimum absolute atomic E-state index is 0.0190. The highest BCUT2D eigenvalue weighted by Crippen LogP contribution is 2.31. The molecular weight excluding hydrogens is 296 g/mol. The van der Waals surface area contributed by atoms with Gasteiger partial charge in [0.25, 0.3) is 0 Å². The summed E-state index contributed by atoms with van der Waals surface area (Å²) >= 11 is 0. The van der Waals surface area contributed by atoms with Gasteiger partial charge in [0.05, 0.1) is 17.2 Å². The summed E-state index contributed by atoms with van der Waals surface area (Å²) in [5.41, 5.74) is 5.64. The highest BCUT2D eigenvalue weighted by molar-refractivity contribution is 7.91. The molecule has 0 radical (unpaired) electrons. The van der Waals surface area contributed by atoms with Gasteiger partial charge >= 0.3 is 5.69 Å². The predicted octanol–water partition coefficient (Wildman–Crippen LogP) is 1.40. The Morgan fingerprint density at radius 1 is 1.38 bits per heavy atom. The molecule has 1 aromatic rings. The molecule has 0 fully saturated rings. The van der Waals surface area contributed by atoms with Crippen LogP contribution >= 0.6 is 0 Å². The van der Waals surface area contributed by atoms with Crippen molar-refractivity contribution >= 4 is 21.3 Å². The van der Waals surface area contributed by atoms with Crippen LogP contribution in [-0.4, -0.2) is 34.6 Å². The fraction of sp³-hybridized carbons (Fsp3) is 0.750. The minimum atomic E-state index is -3.18. The minimum Gasteiger partial charge on any atom is -0.378 e. The van der Waals surface area contributed by atoms with Crippen molar-refractivity contribution in [2.24, 2.45) is 5.41 Å². The first-order chi connectivity index (χ1) is 9.47. The Bertz CT molecular complexity index is 628. The van der Waals surface area contributed by atoms with Crippen LogP contribution in [-0.2, 0) is 22.8 Å². The number of anilines is 1. The molecule has 9 heteroatoms. The second-order valence-corrected chi connectivity index (χ2v) is 8.61. The number of aryl methyl sites for hydroxylation is 1. The predicted molar refractivity (Wildman–Crippen MR) is 80.8 cm³/mol. The molecule has 1 aromatic heterocycles. The van der Waals surface area contributed by atoms with Crippen molar-refractivity contribution in [3.63, 3.8) is 0 Å². The second kappa shape index (κ2) is 6.00. The summed E-state index contributed by atoms with van der Waals surface area (Å²) in [6.45, 7) is 7.39. The molecule has 0 aliphatic rings. The summed E-state index contributed by atoms with van der Waals surface area (Å²) < 4.78 is 24.3. The molecule has 21 heavy (non-hydrogen) atoms. The maximum atomic E-state index is 11.5. The van der Waals surface area contributed by atoms with Gasteiger partial charge in [0.1, 0.15) is 5.69 Å². The second-order valence-electron chi connectivity index (χ2n) is 6.13. The van der Waals surface area contributed by atoms with E-state index in [0.717, 1.165) is 0 Å². The fourth-order valence-corrected chi connectivity index (χ4v) is 2.62. The Morgan fingerprint density at radius 3 is 2.38 bits per heavy atom. The van der Waals surface area contributed by atoms with Crippen molar-refractivity contribution in [3.8, 4) is 0 Å². The average Bonchev–Trinajstić information content (AvgIpc) is 2.61. The Balaban J connectivity index is 3.13. The van der Waals surface area contributed by atoms with Crippen LogP contribution in [0.5, 0.6) is 0 Å². The monoisotopic (exact) mass is 318 g/mol. The largest absolute Gasteiger partial charge is 0.378 e. The molecule has 8 nitrogen and oxygen atoms in total. The summed E-state index contributed by atoms with van der Waals surface area (Å²) in [4.78, 5) is 10.6. The Hall–Kier alpha value is -1.64. The molecule has 2 N–H and O–H groups in total. The van der Waals surface area contributed by atoms with E-state index in [2.05, 4.69) is 5.10 Å². The van der Waals surface area contributed by atoms with Crippen LogP contribution < -0.4 is 5.73 Å². The van der Waals surface area contributed by atoms with E-state index in [1.807, 2.05) is 20.8 Å². The molecule has 0 aromatic carbocycles. The van der Waals surface area contributed by atoms with Crippen LogP contribution in [0.4, 0.5) is 11.5 Å². The highest BCUT2D eigenvalue weighted by Gasteiger charge is 2.29. The van der Waals surface area contributed by atoms with Crippen LogP contribution in [0.25, 0.3) is 0 Å². The SMILES string of the molecule is CCS(=O)(=O)CCn1nc(CC(C)(C)C)c([N+](=O)[O-])c1N. The molecule has 0 bridgehead atoms. The molecule has 0 spiro atoms. The van der Waals surface area contributed by atoms with Gasteiger partial charge in [-0.05, 0) is 5.41 Å². The third-order valence-electron chi connectivity index (χ3n) is 2.97. The zero-order chi connectivity index (χ0) is 16.4. The van der Waals surface area contributed by atoms with Gasteiger partial charge in [0.2, 0.25) is 5.82 Å². The van der Waals surface area contributed by atoms with E-state index < -0.39 is 14.8 Å². The molecule has 0 aliphatic heterocycles. The lowest BCUT2D eigenvalue weighted by Gasteiger charge is -2.15. The van der Waals surface area contributed by atoms with Gasteiger partial charge in [-0.2, -0.15) is 5.10 Å². The van der Waals surface area contributed by atoms with Gasteiger partial charge in [0, 0.05) is 12.2 Å². The van der Waals surface area contributed by atoms with Crippen molar-refractivity contribution < 1.29 is 13.3 Å². The van der Waals surface area contributed by atoms with Gasteiger partial charge in [-0.3, -0.25) is 10.1 Å². The fourth-order valence-electron chi connectivity index (χ4n) is 1.88. The molecule has 1 heterocycles. The number of nitrogens with two attached hydrogens (primary N) is 1. The highest BCUT2D eigenvalue weighted by atomic mass is 32.2. The van der Waals surface area contributed by atoms with E-state index in [1.54, 1.807) is 6.92 Å². The van der Waals surface area contributed by atoms with Crippen LogP contribution in [0.1, 0.15) is 33.4 Å². The van der Waals surface area contributed by atoms with Gasteiger partial charge in [-0.1, -0.05) is 27.7 Å². The molecule has 120 valence electrons. The van der Waals surface area contributed by atoms with Crippen LogP contribution in [0, 0.1) is 15.5 Å². The lowest BCUT2D eigenvalue weighted by Crippen LogP contribution is -2.17. The average molecular weight is 318 g/mol. The molecule has 0 saturated carbocycles. The number of nitrogens with zero attached hydrogens (tertiary/aromatic N) is 3. The smallest absolute Gasteiger partial charge is 0.333 e. The van der Waals surface area contributed by atoms with Gasteiger partial charge in [-0.25, -0.2) is 13.1 Å². The quantitative estimate of drug-likeness (QED) is 0.625. The number of sulfone groups is 1. The topological polar surface area (TPSA) is 121 Å². The van der Waals surface area contributed by atoms with Gasteiger partial charge < -0.3 is 5.73 Å². The van der Waals surface area contributed by atoms with Crippen LogP contribution in [0.15, 0.2) is 0 Å². The van der Waals surface area contributed by atoms with Crippen molar-refractivity contribution in [2.75, 3.05) is 17.2 Å². The first kappa shape index (κ1) is 17.4. The summed E-state index contributed by atoms with van der Waals surface area (Å²) in [5.74, 6) is -0.211. The van der Waals surface area contributed by atoms with E-state index in [0.29, 0.717) is 12.1 Å². The van der Waals surface area contributed by atoms with E-state index >= 15 is 0 Å². The third-order valence-corrected chi connectivity index (χ3v) is 4.65. The lowest BCUT2D eigenvalue weighted by molar-refractivity contribution is -0.384. The first-order valence-electron chi connectivity index (χ1n) is 6.67. The van der Waals surface area contributed by atoms with Crippen LogP contribution in [0.3, 0.4) is 0 Å². The summed E-state index contributed by atoms with van der Waals surface area (Å²) in [6, 6.07) is 0. The van der Waals surface area contributed by atoms with Crippen molar-refractivity contribution in [1.82, 2.24) is 9.78 Å². The number of hydrogen-bond acceptors (Lipinski definition) is 6. The first-order valence-corrected chi connectivity index (χ1v) is 8.49. The standard InChI is InChI=1S/C12H22N4O4S/c1-5-21(19,20)7-6-15-11(13)10(16(17)18)9(14-15)8-12(2,3)4/h5-8,13H2,1-4H3. The molecule has 0 amide bonds. The zero-order valence-corrected chi connectivity index (χ0v) is 13.6. The maximum absolute atomic E-state index is 11.5. The summed E-state index contributed by atoms with van der Waals surface area (Å²) in [6.07, 6.45) is 0.390. The normalized spacial score (nSPS) is 12.6. The molecule has 0 aliphatic carbocycles. The molecule has 0 saturated heterocycles. The summed E-state index contributed by atoms with van der Waals surface area (Å²) in [5, 5.41) is 15.3. The van der Waals surface area contributed by atoms with E-state index in [1.165, 1.54) is 4.68 Å². The number of aromatic nitrogens is 2. The number of rotatable bonds is 6. The van der Waals surface area contributed by atoms with E-state index in [4.69, 9.17) is 5.73 Å².